The van der Waals surface area contributed by atoms with Crippen LogP contribution in [0.2, 0.25) is 0 Å². The second-order valence-corrected chi connectivity index (χ2v) is 6.77. The molecule has 0 aromatic heterocycles. The molecule has 0 heterocycles. The maximum atomic E-state index is 13.2. The first-order valence-corrected chi connectivity index (χ1v) is 8.86. The van der Waals surface area contributed by atoms with Gasteiger partial charge in [0.05, 0.1) is 4.90 Å². The first kappa shape index (κ1) is 16.4. The molecule has 1 aromatic rings. The average Bonchev–Trinajstić information content (AvgIpc) is 2.38. The van der Waals surface area contributed by atoms with Crippen LogP contribution in [0.1, 0.15) is 18.4 Å². The lowest BCUT2D eigenvalue weighted by atomic mass is 10.2. The van der Waals surface area contributed by atoms with Crippen molar-refractivity contribution >= 4 is 21.8 Å². The van der Waals surface area contributed by atoms with Crippen LogP contribution in [0, 0.1) is 5.82 Å². The van der Waals surface area contributed by atoms with Crippen LogP contribution in [-0.4, -0.2) is 27.0 Å². The number of rotatable bonds is 8. The Morgan fingerprint density at radius 3 is 2.74 bits per heavy atom. The summed E-state index contributed by atoms with van der Waals surface area (Å²) in [6.07, 6.45) is 3.70. The van der Waals surface area contributed by atoms with E-state index in [-0.39, 0.29) is 11.4 Å². The van der Waals surface area contributed by atoms with Crippen molar-refractivity contribution in [3.05, 3.63) is 29.6 Å². The minimum atomic E-state index is -3.69. The number of hydrogen-bond acceptors (Lipinski definition) is 4. The molecule has 3 N–H and O–H groups in total. The number of unbranched alkanes of at least 4 members (excludes halogenated alkanes) is 1. The molecule has 1 rings (SSSR count). The summed E-state index contributed by atoms with van der Waals surface area (Å²) in [5.41, 5.74) is 5.89. The Kier molecular flexibility index (Phi) is 6.78. The maximum Gasteiger partial charge on any atom is 0.240 e. The zero-order chi connectivity index (χ0) is 14.3. The van der Waals surface area contributed by atoms with E-state index in [4.69, 9.17) is 5.73 Å². The van der Waals surface area contributed by atoms with Crippen molar-refractivity contribution in [2.75, 3.05) is 18.6 Å². The van der Waals surface area contributed by atoms with Crippen molar-refractivity contribution in [2.45, 2.75) is 24.3 Å². The Morgan fingerprint density at radius 1 is 1.37 bits per heavy atom. The van der Waals surface area contributed by atoms with Crippen LogP contribution >= 0.6 is 11.8 Å². The topological polar surface area (TPSA) is 72.2 Å². The average molecular weight is 306 g/mol. The van der Waals surface area contributed by atoms with Gasteiger partial charge in [0.2, 0.25) is 10.0 Å². The van der Waals surface area contributed by atoms with E-state index >= 15 is 0 Å². The predicted molar refractivity (Wildman–Crippen MR) is 77.1 cm³/mol. The molecule has 0 unspecified atom stereocenters. The van der Waals surface area contributed by atoms with E-state index in [1.165, 1.54) is 12.1 Å². The molecule has 4 nitrogen and oxygen atoms in total. The standard InChI is InChI=1S/C12H19FN2O2S2/c1-18-7-3-2-6-15-19(16,17)12-8-11(13)5-4-10(12)9-14/h4-5,8,15H,2-3,6-7,9,14H2,1H3. The predicted octanol–water partition coefficient (Wildman–Crippen LogP) is 1.71. The van der Waals surface area contributed by atoms with E-state index < -0.39 is 15.8 Å². The van der Waals surface area contributed by atoms with Crippen LogP contribution in [0.25, 0.3) is 0 Å². The van der Waals surface area contributed by atoms with E-state index in [1.54, 1.807) is 11.8 Å². The normalized spacial score (nSPS) is 11.7. The van der Waals surface area contributed by atoms with Gasteiger partial charge < -0.3 is 5.73 Å². The summed E-state index contributed by atoms with van der Waals surface area (Å²) in [6, 6.07) is 3.61. The van der Waals surface area contributed by atoms with Gasteiger partial charge in [0.15, 0.2) is 0 Å². The highest BCUT2D eigenvalue weighted by atomic mass is 32.2. The first-order valence-electron chi connectivity index (χ1n) is 5.98. The Hall–Kier alpha value is -0.630. The lowest BCUT2D eigenvalue weighted by Gasteiger charge is -2.10. The highest BCUT2D eigenvalue weighted by Gasteiger charge is 2.18. The molecule has 0 aliphatic rings. The molecule has 0 saturated carbocycles. The summed E-state index contributed by atoms with van der Waals surface area (Å²) in [5.74, 6) is 0.412. The molecule has 0 bridgehead atoms. The van der Waals surface area contributed by atoms with Crippen LogP contribution in [-0.2, 0) is 16.6 Å². The molecule has 1 aromatic carbocycles. The second-order valence-electron chi connectivity index (χ2n) is 4.05. The summed E-state index contributed by atoms with van der Waals surface area (Å²) in [6.45, 7) is 0.409. The van der Waals surface area contributed by atoms with Gasteiger partial charge in [-0.05, 0) is 42.5 Å². The molecule has 0 fully saturated rings. The Labute approximate surface area is 118 Å². The molecule has 108 valence electrons. The van der Waals surface area contributed by atoms with Gasteiger partial charge in [-0.3, -0.25) is 0 Å². The Bertz CT molecular complexity index is 506. The molecule has 0 radical (unpaired) electrons. The van der Waals surface area contributed by atoms with Gasteiger partial charge in [0.25, 0.3) is 0 Å². The van der Waals surface area contributed by atoms with Gasteiger partial charge in [-0.25, -0.2) is 17.5 Å². The third-order valence-electron chi connectivity index (χ3n) is 2.61. The van der Waals surface area contributed by atoms with Gasteiger partial charge in [0.1, 0.15) is 5.82 Å². The summed E-state index contributed by atoms with van der Waals surface area (Å²) in [7, 11) is -3.69. The van der Waals surface area contributed by atoms with E-state index in [2.05, 4.69) is 4.72 Å². The minimum Gasteiger partial charge on any atom is -0.326 e. The lowest BCUT2D eigenvalue weighted by Crippen LogP contribution is -2.26. The monoisotopic (exact) mass is 306 g/mol. The quantitative estimate of drug-likeness (QED) is 0.717. The first-order chi connectivity index (χ1) is 9.01. The van der Waals surface area contributed by atoms with E-state index in [0.717, 1.165) is 24.7 Å². The highest BCUT2D eigenvalue weighted by Crippen LogP contribution is 2.16. The molecule has 0 saturated heterocycles. The van der Waals surface area contributed by atoms with Crippen molar-refractivity contribution < 1.29 is 12.8 Å². The van der Waals surface area contributed by atoms with Gasteiger partial charge >= 0.3 is 0 Å². The number of halogens is 1. The second kappa shape index (κ2) is 7.84. The van der Waals surface area contributed by atoms with Crippen LogP contribution < -0.4 is 10.5 Å². The van der Waals surface area contributed by atoms with E-state index in [9.17, 15) is 12.8 Å². The molecular formula is C12H19FN2O2S2. The minimum absolute atomic E-state index is 0.0585. The fraction of sp³-hybridized carbons (Fsp3) is 0.500. The van der Waals surface area contributed by atoms with Crippen molar-refractivity contribution in [1.29, 1.82) is 0 Å². The Balaban J connectivity index is 2.74. The molecule has 19 heavy (non-hydrogen) atoms. The number of hydrogen-bond donors (Lipinski definition) is 2. The molecule has 7 heteroatoms. The van der Waals surface area contributed by atoms with Crippen LogP contribution in [0.3, 0.4) is 0 Å². The molecular weight excluding hydrogens is 287 g/mol. The number of thioether (sulfide) groups is 1. The number of benzene rings is 1. The van der Waals surface area contributed by atoms with Crippen LogP contribution in [0.15, 0.2) is 23.1 Å². The maximum absolute atomic E-state index is 13.2. The van der Waals surface area contributed by atoms with E-state index in [1.807, 2.05) is 6.26 Å². The van der Waals surface area contributed by atoms with Crippen molar-refractivity contribution in [2.24, 2.45) is 5.73 Å². The van der Waals surface area contributed by atoms with Crippen molar-refractivity contribution in [3.8, 4) is 0 Å². The summed E-state index contributed by atoms with van der Waals surface area (Å²) >= 11 is 1.72. The third kappa shape index (κ3) is 5.10. The van der Waals surface area contributed by atoms with Gasteiger partial charge in [0, 0.05) is 13.1 Å². The molecule has 0 aliphatic carbocycles. The SMILES string of the molecule is CSCCCCNS(=O)(=O)c1cc(F)ccc1CN. The zero-order valence-electron chi connectivity index (χ0n) is 10.9. The summed E-state index contributed by atoms with van der Waals surface area (Å²) in [4.78, 5) is -0.0696. The fourth-order valence-corrected chi connectivity index (χ4v) is 3.43. The summed E-state index contributed by atoms with van der Waals surface area (Å²) < 4.78 is 39.8. The van der Waals surface area contributed by atoms with E-state index in [0.29, 0.717) is 12.1 Å². The van der Waals surface area contributed by atoms with Crippen molar-refractivity contribution in [3.63, 3.8) is 0 Å². The molecule has 0 spiro atoms. The van der Waals surface area contributed by atoms with Crippen LogP contribution in [0.5, 0.6) is 0 Å². The number of nitrogens with one attached hydrogen (secondary N) is 1. The van der Waals surface area contributed by atoms with Gasteiger partial charge in [-0.1, -0.05) is 6.07 Å². The fourth-order valence-electron chi connectivity index (χ4n) is 1.60. The lowest BCUT2D eigenvalue weighted by molar-refractivity contribution is 0.573. The molecule has 0 amide bonds. The summed E-state index contributed by atoms with van der Waals surface area (Å²) in [5, 5.41) is 0. The zero-order valence-corrected chi connectivity index (χ0v) is 12.5. The number of nitrogens with two attached hydrogens (primary N) is 1. The van der Waals surface area contributed by atoms with Gasteiger partial charge in [-0.2, -0.15) is 11.8 Å². The smallest absolute Gasteiger partial charge is 0.240 e. The highest BCUT2D eigenvalue weighted by molar-refractivity contribution is 7.98. The van der Waals surface area contributed by atoms with Crippen LogP contribution in [0.4, 0.5) is 4.39 Å². The molecule has 0 atom stereocenters. The number of sulfonamides is 1. The largest absolute Gasteiger partial charge is 0.326 e. The Morgan fingerprint density at radius 2 is 2.11 bits per heavy atom. The molecule has 0 aliphatic heterocycles. The van der Waals surface area contributed by atoms with Crippen molar-refractivity contribution in [1.82, 2.24) is 4.72 Å². The third-order valence-corrected chi connectivity index (χ3v) is 4.85. The van der Waals surface area contributed by atoms with Gasteiger partial charge in [-0.15, -0.1) is 0 Å².